The van der Waals surface area contributed by atoms with Crippen molar-refractivity contribution in [3.8, 4) is 0 Å². The van der Waals surface area contributed by atoms with Gasteiger partial charge >= 0.3 is 0 Å². The number of hydrogen-bond donors (Lipinski definition) is 1. The Morgan fingerprint density at radius 3 is 2.37 bits per heavy atom. The van der Waals surface area contributed by atoms with Crippen LogP contribution in [0.15, 0.2) is 48.5 Å². The molecule has 1 aliphatic heterocycles. The van der Waals surface area contributed by atoms with Crippen LogP contribution in [-0.4, -0.2) is 55.0 Å². The van der Waals surface area contributed by atoms with E-state index in [4.69, 9.17) is 11.6 Å². The number of benzene rings is 2. The maximum Gasteiger partial charge on any atom is 0.234 e. The number of carbonyl (C=O) groups excluding carboxylic acids is 1. The number of hydrogen-bond acceptors (Lipinski definition) is 3. The lowest BCUT2D eigenvalue weighted by atomic mass is 10.1. The SMILES string of the molecule is O=C(CN1CCN(Cc2ccc(Cl)cc2)CC1)NCCc1ccccc1F. The molecule has 6 heteroatoms. The molecule has 3 rings (SSSR count). The van der Waals surface area contributed by atoms with Gasteiger partial charge in [0.25, 0.3) is 0 Å². The Morgan fingerprint density at radius 1 is 1.00 bits per heavy atom. The zero-order chi connectivity index (χ0) is 19.1. The van der Waals surface area contributed by atoms with Gasteiger partial charge in [-0.1, -0.05) is 41.9 Å². The van der Waals surface area contributed by atoms with E-state index in [1.807, 2.05) is 18.2 Å². The van der Waals surface area contributed by atoms with Crippen molar-refractivity contribution in [3.63, 3.8) is 0 Å². The smallest absolute Gasteiger partial charge is 0.234 e. The fraction of sp³-hybridized carbons (Fsp3) is 0.381. The quantitative estimate of drug-likeness (QED) is 0.790. The second-order valence-corrected chi connectivity index (χ2v) is 7.31. The van der Waals surface area contributed by atoms with E-state index in [9.17, 15) is 9.18 Å². The predicted molar refractivity (Wildman–Crippen MR) is 106 cm³/mol. The minimum absolute atomic E-state index is 0.00232. The standard InChI is InChI=1S/C21H25ClFN3O/c22-19-7-5-17(6-8-19)15-25-11-13-26(14-12-25)16-21(27)24-10-9-18-3-1-2-4-20(18)23/h1-8H,9-16H2,(H,24,27). The Balaban J connectivity index is 1.34. The van der Waals surface area contributed by atoms with Gasteiger partial charge in [-0.2, -0.15) is 0 Å². The third-order valence-corrected chi connectivity index (χ3v) is 5.08. The minimum atomic E-state index is -0.219. The van der Waals surface area contributed by atoms with Crippen molar-refractivity contribution in [1.29, 1.82) is 0 Å². The molecular weight excluding hydrogens is 365 g/mol. The summed E-state index contributed by atoms with van der Waals surface area (Å²) in [6, 6.07) is 14.6. The zero-order valence-electron chi connectivity index (χ0n) is 15.3. The van der Waals surface area contributed by atoms with Crippen LogP contribution in [0.3, 0.4) is 0 Å². The summed E-state index contributed by atoms with van der Waals surface area (Å²) < 4.78 is 13.6. The van der Waals surface area contributed by atoms with E-state index in [1.54, 1.807) is 12.1 Å². The first-order chi connectivity index (χ1) is 13.1. The number of nitrogens with zero attached hydrogens (tertiary/aromatic N) is 2. The maximum atomic E-state index is 13.6. The van der Waals surface area contributed by atoms with E-state index >= 15 is 0 Å². The van der Waals surface area contributed by atoms with Gasteiger partial charge in [-0.25, -0.2) is 4.39 Å². The monoisotopic (exact) mass is 389 g/mol. The molecule has 144 valence electrons. The van der Waals surface area contributed by atoms with E-state index in [1.165, 1.54) is 11.6 Å². The fourth-order valence-corrected chi connectivity index (χ4v) is 3.38. The summed E-state index contributed by atoms with van der Waals surface area (Å²) in [5.74, 6) is -0.221. The first-order valence-corrected chi connectivity index (χ1v) is 9.67. The number of nitrogens with one attached hydrogen (secondary N) is 1. The topological polar surface area (TPSA) is 35.6 Å². The maximum absolute atomic E-state index is 13.6. The molecule has 27 heavy (non-hydrogen) atoms. The molecule has 1 aliphatic rings. The van der Waals surface area contributed by atoms with Crippen LogP contribution >= 0.6 is 11.6 Å². The van der Waals surface area contributed by atoms with Crippen LogP contribution in [0.1, 0.15) is 11.1 Å². The van der Waals surface area contributed by atoms with Crippen molar-refractivity contribution in [2.75, 3.05) is 39.3 Å². The van der Waals surface area contributed by atoms with E-state index in [0.29, 0.717) is 25.1 Å². The largest absolute Gasteiger partial charge is 0.355 e. The number of amides is 1. The number of halogens is 2. The van der Waals surface area contributed by atoms with Crippen LogP contribution in [0.2, 0.25) is 5.02 Å². The van der Waals surface area contributed by atoms with Gasteiger partial charge < -0.3 is 5.32 Å². The van der Waals surface area contributed by atoms with Crippen molar-refractivity contribution in [2.24, 2.45) is 0 Å². The molecule has 1 saturated heterocycles. The van der Waals surface area contributed by atoms with Crippen molar-refractivity contribution >= 4 is 17.5 Å². The second kappa shape index (κ2) is 9.83. The van der Waals surface area contributed by atoms with E-state index in [0.717, 1.165) is 37.7 Å². The lowest BCUT2D eigenvalue weighted by molar-refractivity contribution is -0.122. The Kier molecular flexibility index (Phi) is 7.21. The molecule has 0 aromatic heterocycles. The first-order valence-electron chi connectivity index (χ1n) is 9.29. The molecule has 1 heterocycles. The molecule has 0 unspecified atom stereocenters. The number of carbonyl (C=O) groups is 1. The number of piperazine rings is 1. The molecule has 0 atom stereocenters. The Hall–Kier alpha value is -1.95. The summed E-state index contributed by atoms with van der Waals surface area (Å²) in [6.07, 6.45) is 0.507. The predicted octanol–water partition coefficient (Wildman–Crippen LogP) is 2.96. The average Bonchev–Trinajstić information content (AvgIpc) is 2.67. The van der Waals surface area contributed by atoms with Crippen LogP contribution in [0, 0.1) is 5.82 Å². The molecule has 1 fully saturated rings. The van der Waals surface area contributed by atoms with Crippen molar-refractivity contribution in [3.05, 3.63) is 70.5 Å². The van der Waals surface area contributed by atoms with Crippen molar-refractivity contribution < 1.29 is 9.18 Å². The highest BCUT2D eigenvalue weighted by atomic mass is 35.5. The Morgan fingerprint density at radius 2 is 1.67 bits per heavy atom. The highest BCUT2D eigenvalue weighted by Crippen LogP contribution is 2.13. The normalized spacial score (nSPS) is 15.6. The van der Waals surface area contributed by atoms with E-state index in [2.05, 4.69) is 27.2 Å². The second-order valence-electron chi connectivity index (χ2n) is 6.87. The lowest BCUT2D eigenvalue weighted by Crippen LogP contribution is -2.49. The summed E-state index contributed by atoms with van der Waals surface area (Å²) in [4.78, 5) is 16.7. The van der Waals surface area contributed by atoms with Crippen molar-refractivity contribution in [2.45, 2.75) is 13.0 Å². The molecule has 0 bridgehead atoms. The van der Waals surface area contributed by atoms with Gasteiger partial charge in [0, 0.05) is 44.3 Å². The number of rotatable bonds is 7. The molecule has 2 aromatic carbocycles. The minimum Gasteiger partial charge on any atom is -0.355 e. The van der Waals surface area contributed by atoms with E-state index in [-0.39, 0.29) is 11.7 Å². The highest BCUT2D eigenvalue weighted by Gasteiger charge is 2.19. The molecule has 1 N–H and O–H groups in total. The molecular formula is C21H25ClFN3O. The van der Waals surface area contributed by atoms with Crippen LogP contribution in [-0.2, 0) is 17.8 Å². The van der Waals surface area contributed by atoms with Gasteiger partial charge in [0.05, 0.1) is 6.54 Å². The average molecular weight is 390 g/mol. The third kappa shape index (κ3) is 6.31. The van der Waals surface area contributed by atoms with E-state index < -0.39 is 0 Å². The molecule has 0 radical (unpaired) electrons. The zero-order valence-corrected chi connectivity index (χ0v) is 16.1. The van der Waals surface area contributed by atoms with Crippen LogP contribution in [0.4, 0.5) is 4.39 Å². The molecule has 1 amide bonds. The van der Waals surface area contributed by atoms with Crippen LogP contribution in [0.25, 0.3) is 0 Å². The Bertz CT molecular complexity index is 745. The van der Waals surface area contributed by atoms with Gasteiger partial charge in [-0.05, 0) is 35.7 Å². The third-order valence-electron chi connectivity index (χ3n) is 4.83. The fourth-order valence-electron chi connectivity index (χ4n) is 3.25. The lowest BCUT2D eigenvalue weighted by Gasteiger charge is -2.34. The summed E-state index contributed by atoms with van der Waals surface area (Å²) in [5, 5.41) is 3.64. The van der Waals surface area contributed by atoms with Gasteiger partial charge in [0.2, 0.25) is 5.91 Å². The van der Waals surface area contributed by atoms with Crippen LogP contribution < -0.4 is 5.32 Å². The summed E-state index contributed by atoms with van der Waals surface area (Å²) in [5.41, 5.74) is 1.88. The first kappa shape index (κ1) is 19.8. The van der Waals surface area contributed by atoms with Gasteiger partial charge in [0.1, 0.15) is 5.82 Å². The van der Waals surface area contributed by atoms with Gasteiger partial charge in [-0.15, -0.1) is 0 Å². The molecule has 0 aliphatic carbocycles. The molecule has 0 spiro atoms. The summed E-state index contributed by atoms with van der Waals surface area (Å²) >= 11 is 5.92. The molecule has 2 aromatic rings. The Labute approximate surface area is 164 Å². The summed E-state index contributed by atoms with van der Waals surface area (Å²) in [6.45, 7) is 5.36. The highest BCUT2D eigenvalue weighted by molar-refractivity contribution is 6.30. The van der Waals surface area contributed by atoms with Gasteiger partial charge in [-0.3, -0.25) is 14.6 Å². The van der Waals surface area contributed by atoms with Gasteiger partial charge in [0.15, 0.2) is 0 Å². The molecule has 4 nitrogen and oxygen atoms in total. The molecule has 0 saturated carbocycles. The van der Waals surface area contributed by atoms with Crippen molar-refractivity contribution in [1.82, 2.24) is 15.1 Å². The van der Waals surface area contributed by atoms with Crippen LogP contribution in [0.5, 0.6) is 0 Å². The summed E-state index contributed by atoms with van der Waals surface area (Å²) in [7, 11) is 0.